The molecule has 0 saturated heterocycles. The number of hydrogen-bond donors (Lipinski definition) is 3. The normalized spacial score (nSPS) is 17.5. The van der Waals surface area contributed by atoms with Gasteiger partial charge in [0.1, 0.15) is 11.8 Å². The van der Waals surface area contributed by atoms with Crippen molar-refractivity contribution in [1.82, 2.24) is 14.6 Å². The van der Waals surface area contributed by atoms with Crippen LogP contribution in [-0.2, 0) is 28.2 Å². The number of aliphatic hydroxyl groups excluding tert-OH is 1. The molecule has 0 aliphatic carbocycles. The summed E-state index contributed by atoms with van der Waals surface area (Å²) in [5.74, 6) is -1.44. The summed E-state index contributed by atoms with van der Waals surface area (Å²) in [5, 5.41) is 13.1. The van der Waals surface area contributed by atoms with Gasteiger partial charge in [-0.05, 0) is 32.9 Å². The molecule has 0 spiro atoms. The fourth-order valence-corrected chi connectivity index (χ4v) is 5.27. The number of ether oxygens (including phenoxy) is 2. The maximum atomic E-state index is 15.8. The first-order valence-electron chi connectivity index (χ1n) is 12.8. The van der Waals surface area contributed by atoms with Crippen molar-refractivity contribution in [2.45, 2.75) is 71.2 Å². The number of rotatable bonds is 16. The van der Waals surface area contributed by atoms with Crippen LogP contribution in [0.25, 0.3) is 0 Å². The molecular formula is C26H37FN3O10P. The van der Waals surface area contributed by atoms with Crippen LogP contribution < -0.4 is 20.9 Å². The predicted octanol–water partition coefficient (Wildman–Crippen LogP) is 2.50. The van der Waals surface area contributed by atoms with E-state index in [2.05, 4.69) is 5.09 Å². The number of para-hydroxylation sites is 1. The van der Waals surface area contributed by atoms with Gasteiger partial charge in [-0.2, -0.15) is 5.09 Å². The molecule has 6 atom stereocenters. The van der Waals surface area contributed by atoms with Crippen LogP contribution in [0.5, 0.6) is 5.75 Å². The minimum Gasteiger partial charge on any atom is -0.453 e. The fraction of sp³-hybridized carbons (Fsp3) is 0.538. The number of H-pyrrole nitrogens is 1. The number of benzene rings is 1. The lowest BCUT2D eigenvalue weighted by molar-refractivity contribution is -0.156. The van der Waals surface area contributed by atoms with E-state index in [9.17, 15) is 28.8 Å². The second-order valence-electron chi connectivity index (χ2n) is 9.78. The molecule has 13 nitrogen and oxygen atoms in total. The van der Waals surface area contributed by atoms with Crippen molar-refractivity contribution in [2.24, 2.45) is 5.92 Å². The van der Waals surface area contributed by atoms with E-state index in [1.54, 1.807) is 32.0 Å². The molecule has 0 bridgehead atoms. The van der Waals surface area contributed by atoms with Gasteiger partial charge in [0.25, 0.3) is 5.56 Å². The summed E-state index contributed by atoms with van der Waals surface area (Å²) >= 11 is 0. The topological polar surface area (TPSA) is 175 Å². The third kappa shape index (κ3) is 9.44. The average molecular weight is 602 g/mol. The Kier molecular flexibility index (Phi) is 12.2. The number of hydrogen-bond acceptors (Lipinski definition) is 10. The molecule has 41 heavy (non-hydrogen) atoms. The summed E-state index contributed by atoms with van der Waals surface area (Å²) in [5.41, 5.74) is -4.24. The van der Waals surface area contributed by atoms with Gasteiger partial charge >= 0.3 is 19.4 Å². The average Bonchev–Trinajstić information content (AvgIpc) is 2.89. The second-order valence-corrected chi connectivity index (χ2v) is 11.5. The van der Waals surface area contributed by atoms with Crippen LogP contribution in [0, 0.1) is 5.92 Å². The third-order valence-corrected chi connectivity index (χ3v) is 7.73. The molecule has 2 rings (SSSR count). The highest BCUT2D eigenvalue weighted by Gasteiger charge is 2.44. The number of Topliss-reactive ketones (excluding diaryl/α,β-unsaturated/α-hetero) is 1. The van der Waals surface area contributed by atoms with Crippen molar-refractivity contribution in [3.8, 4) is 5.75 Å². The highest BCUT2D eigenvalue weighted by Crippen LogP contribution is 2.45. The van der Waals surface area contributed by atoms with Gasteiger partial charge in [0.2, 0.25) is 0 Å². The number of halogens is 1. The number of aliphatic hydroxyl groups is 1. The largest absolute Gasteiger partial charge is 0.459 e. The lowest BCUT2D eigenvalue weighted by Crippen LogP contribution is -2.48. The smallest absolute Gasteiger partial charge is 0.453 e. The SMILES string of the molecule is CO[C@@H](n1ccc(=O)[nH]c1=O)[C@](C)(F)[C@H](O)CCO[P@@](=O)(N[C@@H](C)C(=O)O[C@@H](C)C(=O)C(C)C)Oc1ccccc1. The predicted molar refractivity (Wildman–Crippen MR) is 146 cm³/mol. The van der Waals surface area contributed by atoms with Crippen LogP contribution in [0.1, 0.15) is 47.3 Å². The molecule has 3 N–H and O–H groups in total. The minimum atomic E-state index is -4.34. The van der Waals surface area contributed by atoms with Gasteiger partial charge in [-0.25, -0.2) is 13.8 Å². The number of esters is 1. The highest BCUT2D eigenvalue weighted by atomic mass is 31.2. The summed E-state index contributed by atoms with van der Waals surface area (Å²) < 4.78 is 51.4. The Morgan fingerprint density at radius 3 is 2.34 bits per heavy atom. The highest BCUT2D eigenvalue weighted by molar-refractivity contribution is 7.52. The molecule has 1 aromatic carbocycles. The number of ketones is 1. The van der Waals surface area contributed by atoms with E-state index < -0.39 is 68.1 Å². The molecule has 0 fully saturated rings. The summed E-state index contributed by atoms with van der Waals surface area (Å²) in [7, 11) is -3.23. The number of nitrogens with zero attached hydrogens (tertiary/aromatic N) is 1. The molecule has 1 aromatic heterocycles. The molecule has 0 aliphatic heterocycles. The van der Waals surface area contributed by atoms with Crippen molar-refractivity contribution < 1.29 is 42.2 Å². The number of carbonyl (C=O) groups excluding carboxylic acids is 2. The van der Waals surface area contributed by atoms with Crippen molar-refractivity contribution in [3.05, 3.63) is 63.4 Å². The van der Waals surface area contributed by atoms with Gasteiger partial charge in [-0.15, -0.1) is 0 Å². The zero-order chi connectivity index (χ0) is 31.0. The molecule has 228 valence electrons. The van der Waals surface area contributed by atoms with Crippen molar-refractivity contribution in [3.63, 3.8) is 0 Å². The maximum Gasteiger partial charge on any atom is 0.459 e. The molecule has 0 saturated carbocycles. The first-order chi connectivity index (χ1) is 19.1. The Morgan fingerprint density at radius 1 is 1.15 bits per heavy atom. The van der Waals surface area contributed by atoms with Gasteiger partial charge in [0.15, 0.2) is 23.8 Å². The second kappa shape index (κ2) is 14.6. The third-order valence-electron chi connectivity index (χ3n) is 6.05. The Hall–Kier alpha value is -3.16. The molecule has 2 aromatic rings. The molecule has 0 unspecified atom stereocenters. The number of methoxy groups -OCH3 is 1. The van der Waals surface area contributed by atoms with Crippen LogP contribution >= 0.6 is 7.75 Å². The summed E-state index contributed by atoms with van der Waals surface area (Å²) in [6.45, 7) is 6.53. The van der Waals surface area contributed by atoms with Crippen LogP contribution in [0.4, 0.5) is 4.39 Å². The zero-order valence-corrected chi connectivity index (χ0v) is 24.6. The first kappa shape index (κ1) is 34.0. The maximum absolute atomic E-state index is 15.8. The van der Waals surface area contributed by atoms with E-state index in [1.807, 2.05) is 4.98 Å². The van der Waals surface area contributed by atoms with E-state index in [4.69, 9.17) is 18.5 Å². The molecule has 1 heterocycles. The van der Waals surface area contributed by atoms with Crippen LogP contribution in [0.15, 0.2) is 52.2 Å². The molecule has 0 aliphatic rings. The summed E-state index contributed by atoms with van der Waals surface area (Å²) in [4.78, 5) is 50.2. The minimum absolute atomic E-state index is 0.125. The standard InChI is InChI=1S/C26H37FN3O10P/c1-16(2)22(33)18(4)39-23(34)17(3)29-41(36,40-19-10-8-7-9-11-19)38-15-13-20(31)26(5,27)24(37-6)30-14-12-21(32)28-25(30)35/h7-12,14,16-18,20,24,31H,13,15H2,1-6H3,(H,29,36)(H,28,32,35)/t17-,18-,20+,24+,26+,41-/m0/s1. The van der Waals surface area contributed by atoms with E-state index in [0.717, 1.165) is 30.9 Å². The van der Waals surface area contributed by atoms with Gasteiger partial charge in [0, 0.05) is 31.7 Å². The number of aromatic amines is 1. The number of nitrogens with one attached hydrogen (secondary N) is 2. The zero-order valence-electron chi connectivity index (χ0n) is 23.7. The molecule has 0 radical (unpaired) electrons. The van der Waals surface area contributed by atoms with Crippen LogP contribution in [0.3, 0.4) is 0 Å². The van der Waals surface area contributed by atoms with E-state index in [1.165, 1.54) is 26.0 Å². The van der Waals surface area contributed by atoms with E-state index in [-0.39, 0.29) is 17.5 Å². The van der Waals surface area contributed by atoms with Crippen LogP contribution in [-0.4, -0.2) is 64.0 Å². The number of aromatic nitrogens is 2. The lowest BCUT2D eigenvalue weighted by atomic mass is 9.96. The van der Waals surface area contributed by atoms with Crippen molar-refractivity contribution in [1.29, 1.82) is 0 Å². The number of alkyl halides is 1. The Balaban J connectivity index is 2.16. The Morgan fingerprint density at radius 2 is 1.78 bits per heavy atom. The quantitative estimate of drug-likeness (QED) is 0.190. The van der Waals surface area contributed by atoms with Gasteiger partial charge in [-0.3, -0.25) is 28.5 Å². The first-order valence-corrected chi connectivity index (χ1v) is 14.4. The Bertz CT molecular complexity index is 1330. The number of carbonyl (C=O) groups is 2. The Labute approximate surface area is 236 Å². The van der Waals surface area contributed by atoms with Crippen LogP contribution in [0.2, 0.25) is 0 Å². The molecule has 0 amide bonds. The van der Waals surface area contributed by atoms with Crippen molar-refractivity contribution in [2.75, 3.05) is 13.7 Å². The monoisotopic (exact) mass is 601 g/mol. The molecular weight excluding hydrogens is 564 g/mol. The van der Waals surface area contributed by atoms with Crippen molar-refractivity contribution >= 4 is 19.5 Å². The summed E-state index contributed by atoms with van der Waals surface area (Å²) in [6, 6.07) is 7.63. The fourth-order valence-electron chi connectivity index (χ4n) is 3.76. The van der Waals surface area contributed by atoms with Gasteiger partial charge in [-0.1, -0.05) is 32.0 Å². The molecule has 15 heteroatoms. The van der Waals surface area contributed by atoms with E-state index in [0.29, 0.717) is 0 Å². The van der Waals surface area contributed by atoms with E-state index >= 15 is 4.39 Å². The summed E-state index contributed by atoms with van der Waals surface area (Å²) in [6.07, 6.45) is -3.92. The van der Waals surface area contributed by atoms with Gasteiger partial charge in [0.05, 0.1) is 12.7 Å². The van der Waals surface area contributed by atoms with Gasteiger partial charge < -0.3 is 19.1 Å². The lowest BCUT2D eigenvalue weighted by Gasteiger charge is -2.34.